The van der Waals surface area contributed by atoms with Gasteiger partial charge in [0.05, 0.1) is 12.3 Å². The second kappa shape index (κ2) is 5.49. The molecule has 1 saturated heterocycles. The average molecular weight is 266 g/mol. The summed E-state index contributed by atoms with van der Waals surface area (Å²) >= 11 is 1.97. The molecule has 0 saturated carbocycles. The van der Waals surface area contributed by atoms with Crippen molar-refractivity contribution in [1.82, 2.24) is 4.98 Å². The topological polar surface area (TPSA) is 48.1 Å². The van der Waals surface area contributed by atoms with Crippen LogP contribution in [0.3, 0.4) is 0 Å². The second-order valence-corrected chi connectivity index (χ2v) is 6.99. The lowest BCUT2D eigenvalue weighted by atomic mass is 9.92. The second-order valence-electron chi connectivity index (χ2n) is 5.36. The number of nitrogens with two attached hydrogens (primary N) is 1. The number of aromatic nitrogens is 1. The van der Waals surface area contributed by atoms with E-state index in [9.17, 15) is 0 Å². The van der Waals surface area contributed by atoms with Gasteiger partial charge in [0.15, 0.2) is 0 Å². The molecule has 3 nitrogen and oxygen atoms in total. The maximum atomic E-state index is 6.42. The third-order valence-electron chi connectivity index (χ3n) is 3.37. The molecule has 0 aromatic carbocycles. The third kappa shape index (κ3) is 2.98. The van der Waals surface area contributed by atoms with E-state index in [0.29, 0.717) is 0 Å². The van der Waals surface area contributed by atoms with Crippen LogP contribution in [0.1, 0.15) is 45.2 Å². The van der Waals surface area contributed by atoms with Gasteiger partial charge in [-0.05, 0) is 51.0 Å². The monoisotopic (exact) mass is 266 g/mol. The van der Waals surface area contributed by atoms with Gasteiger partial charge in [0.25, 0.3) is 0 Å². The van der Waals surface area contributed by atoms with E-state index in [1.165, 1.54) is 18.6 Å². The zero-order valence-corrected chi connectivity index (χ0v) is 12.2. The third-order valence-corrected chi connectivity index (χ3v) is 4.98. The van der Waals surface area contributed by atoms with E-state index >= 15 is 0 Å². The first kappa shape index (κ1) is 13.7. The summed E-state index contributed by atoms with van der Waals surface area (Å²) in [5, 5.41) is 0. The minimum absolute atomic E-state index is 0.0215. The molecule has 18 heavy (non-hydrogen) atoms. The molecular weight excluding hydrogens is 244 g/mol. The van der Waals surface area contributed by atoms with E-state index < -0.39 is 0 Å². The van der Waals surface area contributed by atoms with Gasteiger partial charge in [-0.2, -0.15) is 11.8 Å². The highest BCUT2D eigenvalue weighted by Gasteiger charge is 2.36. The molecule has 0 aliphatic carbocycles. The van der Waals surface area contributed by atoms with Crippen molar-refractivity contribution in [3.8, 4) is 5.75 Å². The van der Waals surface area contributed by atoms with Crippen LogP contribution in [0.5, 0.6) is 5.75 Å². The van der Waals surface area contributed by atoms with Gasteiger partial charge in [0, 0.05) is 17.0 Å². The van der Waals surface area contributed by atoms with Crippen LogP contribution in [-0.4, -0.2) is 21.6 Å². The molecule has 1 aromatic heterocycles. The lowest BCUT2D eigenvalue weighted by molar-refractivity contribution is 0.241. The van der Waals surface area contributed by atoms with Crippen molar-refractivity contribution in [3.05, 3.63) is 24.0 Å². The van der Waals surface area contributed by atoms with E-state index in [2.05, 4.69) is 11.9 Å². The highest BCUT2D eigenvalue weighted by atomic mass is 32.2. The molecule has 2 heterocycles. The Morgan fingerprint density at radius 3 is 2.83 bits per heavy atom. The summed E-state index contributed by atoms with van der Waals surface area (Å²) in [6, 6.07) is 2.05. The fourth-order valence-corrected chi connectivity index (χ4v) is 3.70. The van der Waals surface area contributed by atoms with Crippen LogP contribution in [0.4, 0.5) is 0 Å². The fraction of sp³-hybridized carbons (Fsp3) is 0.643. The first-order chi connectivity index (χ1) is 8.51. The van der Waals surface area contributed by atoms with E-state index in [4.69, 9.17) is 10.5 Å². The molecule has 1 aliphatic rings. The molecule has 2 unspecified atom stereocenters. The zero-order chi connectivity index (χ0) is 13.2. The molecule has 0 radical (unpaired) electrons. The Bertz CT molecular complexity index is 403. The van der Waals surface area contributed by atoms with Crippen molar-refractivity contribution in [1.29, 1.82) is 0 Å². The van der Waals surface area contributed by atoms with Crippen LogP contribution >= 0.6 is 11.8 Å². The van der Waals surface area contributed by atoms with Crippen molar-refractivity contribution in [3.63, 3.8) is 0 Å². The smallest absolute Gasteiger partial charge is 0.138 e. The van der Waals surface area contributed by atoms with E-state index in [1.54, 1.807) is 6.20 Å². The lowest BCUT2D eigenvalue weighted by Gasteiger charge is -2.30. The Morgan fingerprint density at radius 2 is 2.22 bits per heavy atom. The molecule has 1 aliphatic heterocycles. The number of thioether (sulfide) groups is 1. The number of ether oxygens (including phenoxy) is 1. The molecule has 0 amide bonds. The summed E-state index contributed by atoms with van der Waals surface area (Å²) in [6.45, 7) is 6.28. The predicted octanol–water partition coefficient (Wildman–Crippen LogP) is 3.15. The van der Waals surface area contributed by atoms with E-state index in [-0.39, 0.29) is 16.9 Å². The van der Waals surface area contributed by atoms with Gasteiger partial charge in [-0.15, -0.1) is 0 Å². The lowest BCUT2D eigenvalue weighted by Crippen LogP contribution is -2.33. The summed E-state index contributed by atoms with van der Waals surface area (Å²) in [7, 11) is 0. The first-order valence-electron chi connectivity index (χ1n) is 6.52. The number of nitrogens with zero attached hydrogens (tertiary/aromatic N) is 1. The molecule has 4 heteroatoms. The summed E-state index contributed by atoms with van der Waals surface area (Å²) in [5.41, 5.74) is 7.49. The van der Waals surface area contributed by atoms with E-state index in [1.807, 2.05) is 37.9 Å². The Hall–Kier alpha value is -0.740. The Balaban J connectivity index is 2.17. The Kier molecular flexibility index (Phi) is 4.17. The van der Waals surface area contributed by atoms with Gasteiger partial charge in [0.2, 0.25) is 0 Å². The number of rotatable bonds is 4. The van der Waals surface area contributed by atoms with Gasteiger partial charge < -0.3 is 10.5 Å². The highest BCUT2D eigenvalue weighted by molar-refractivity contribution is 8.00. The maximum absolute atomic E-state index is 6.42. The Morgan fingerprint density at radius 1 is 1.44 bits per heavy atom. The van der Waals surface area contributed by atoms with Crippen LogP contribution in [-0.2, 0) is 0 Å². The van der Waals surface area contributed by atoms with Gasteiger partial charge in [-0.25, -0.2) is 0 Å². The van der Waals surface area contributed by atoms with Gasteiger partial charge in [-0.1, -0.05) is 0 Å². The van der Waals surface area contributed by atoms with Crippen molar-refractivity contribution < 1.29 is 4.74 Å². The van der Waals surface area contributed by atoms with Crippen molar-refractivity contribution in [2.45, 2.75) is 50.5 Å². The molecule has 2 atom stereocenters. The van der Waals surface area contributed by atoms with Crippen LogP contribution < -0.4 is 10.5 Å². The largest absolute Gasteiger partial charge is 0.489 e. The summed E-state index contributed by atoms with van der Waals surface area (Å²) < 4.78 is 5.81. The highest BCUT2D eigenvalue weighted by Crippen LogP contribution is 2.45. The molecule has 1 fully saturated rings. The van der Waals surface area contributed by atoms with Crippen LogP contribution in [0.25, 0.3) is 0 Å². The molecule has 0 bridgehead atoms. The molecule has 100 valence electrons. The Labute approximate surface area is 114 Å². The predicted molar refractivity (Wildman–Crippen MR) is 77.0 cm³/mol. The van der Waals surface area contributed by atoms with Crippen LogP contribution in [0, 0.1) is 0 Å². The summed E-state index contributed by atoms with van der Waals surface area (Å²) in [5.74, 6) is 2.02. The normalized spacial score (nSPS) is 25.4. The number of pyridine rings is 1. The fourth-order valence-electron chi connectivity index (χ4n) is 2.34. The molecular formula is C14H22N2OS. The molecule has 0 spiro atoms. The zero-order valence-electron chi connectivity index (χ0n) is 11.3. The quantitative estimate of drug-likeness (QED) is 0.909. The number of hydrogen-bond acceptors (Lipinski definition) is 4. The number of hydrogen-bond donors (Lipinski definition) is 1. The SMILES string of the molecule is CC(C)Oc1cncc(C(N)C2(C)CCCS2)c1. The molecule has 1 aromatic rings. The minimum atomic E-state index is 0.0215. The van der Waals surface area contributed by atoms with Crippen molar-refractivity contribution in [2.75, 3.05) is 5.75 Å². The molecule has 2 N–H and O–H groups in total. The van der Waals surface area contributed by atoms with Crippen molar-refractivity contribution in [2.24, 2.45) is 5.73 Å². The van der Waals surface area contributed by atoms with Crippen LogP contribution in [0.15, 0.2) is 18.5 Å². The van der Waals surface area contributed by atoms with E-state index in [0.717, 1.165) is 11.3 Å². The van der Waals surface area contributed by atoms with Crippen molar-refractivity contribution >= 4 is 11.8 Å². The van der Waals surface area contributed by atoms with Crippen LogP contribution in [0.2, 0.25) is 0 Å². The maximum Gasteiger partial charge on any atom is 0.138 e. The minimum Gasteiger partial charge on any atom is -0.489 e. The van der Waals surface area contributed by atoms with Gasteiger partial charge >= 0.3 is 0 Å². The average Bonchev–Trinajstić information content (AvgIpc) is 2.76. The molecule has 2 rings (SSSR count). The standard InChI is InChI=1S/C14H22N2OS/c1-10(2)17-12-7-11(8-16-9-12)13(15)14(3)5-4-6-18-14/h7-10,13H,4-6,15H2,1-3H3. The van der Waals surface area contributed by atoms with Gasteiger partial charge in [0.1, 0.15) is 5.75 Å². The first-order valence-corrected chi connectivity index (χ1v) is 7.51. The van der Waals surface area contributed by atoms with Gasteiger partial charge in [-0.3, -0.25) is 4.98 Å². The summed E-state index contributed by atoms with van der Waals surface area (Å²) in [4.78, 5) is 4.25. The summed E-state index contributed by atoms with van der Waals surface area (Å²) in [6.07, 6.45) is 6.20.